The zero-order valence-corrected chi connectivity index (χ0v) is 17.0. The van der Waals surface area contributed by atoms with Crippen LogP contribution in [0.5, 0.6) is 0 Å². The van der Waals surface area contributed by atoms with Gasteiger partial charge in [-0.1, -0.05) is 24.3 Å². The fourth-order valence-corrected chi connectivity index (χ4v) is 3.89. The van der Waals surface area contributed by atoms with Gasteiger partial charge >= 0.3 is 6.15 Å². The zero-order chi connectivity index (χ0) is 20.9. The van der Waals surface area contributed by atoms with Gasteiger partial charge in [0, 0.05) is 19.3 Å². The summed E-state index contributed by atoms with van der Waals surface area (Å²) in [5.41, 5.74) is 4.62. The maximum Gasteiger partial charge on any atom is 0.373 e. The third kappa shape index (κ3) is 5.75. The maximum absolute atomic E-state index is 12.6. The monoisotopic (exact) mass is 393 g/mol. The molecule has 1 aromatic heterocycles. The average Bonchev–Trinajstić information content (AvgIpc) is 3.45. The summed E-state index contributed by atoms with van der Waals surface area (Å²) in [5, 5.41) is 3.27. The van der Waals surface area contributed by atoms with Crippen LogP contribution in [0, 0.1) is 6.92 Å². The highest BCUT2D eigenvalue weighted by atomic mass is 16.2. The number of nitrogens with zero attached hydrogens (tertiary/aromatic N) is 2. The van der Waals surface area contributed by atoms with Gasteiger partial charge in [-0.25, -0.2) is 0 Å². The standard InChI is InChI=1S/C22H27N3O.CO2/c1-16-11-20(14-23-13-16)25-10-9-22(2,15-25)24-21(26)12-17-3-5-18(6-4-17)19-7-8-19;2-1-3/h3-6,11,13-14,19H,7-10,12,15H2,1-2H3,(H,24,26);. The number of carbonyl (C=O) groups excluding carboxylic acids is 3. The van der Waals surface area contributed by atoms with Crippen LogP contribution in [-0.2, 0) is 20.8 Å². The molecule has 29 heavy (non-hydrogen) atoms. The second-order valence-corrected chi connectivity index (χ2v) is 8.28. The Morgan fingerprint density at radius 3 is 2.55 bits per heavy atom. The number of aromatic nitrogens is 1. The first-order valence-corrected chi connectivity index (χ1v) is 9.98. The molecule has 0 radical (unpaired) electrons. The van der Waals surface area contributed by atoms with Crippen molar-refractivity contribution < 1.29 is 14.4 Å². The van der Waals surface area contributed by atoms with Gasteiger partial charge in [0.05, 0.1) is 23.8 Å². The quantitative estimate of drug-likeness (QED) is 0.845. The Labute approximate surface area is 171 Å². The van der Waals surface area contributed by atoms with Crippen molar-refractivity contribution >= 4 is 17.7 Å². The van der Waals surface area contributed by atoms with Gasteiger partial charge in [0.1, 0.15) is 0 Å². The summed E-state index contributed by atoms with van der Waals surface area (Å²) in [7, 11) is 0. The lowest BCUT2D eigenvalue weighted by atomic mass is 10.0. The van der Waals surface area contributed by atoms with E-state index in [2.05, 4.69) is 59.4 Å². The predicted molar refractivity (Wildman–Crippen MR) is 109 cm³/mol. The molecule has 2 heterocycles. The minimum atomic E-state index is -0.186. The molecule has 4 rings (SSSR count). The van der Waals surface area contributed by atoms with Crippen molar-refractivity contribution in [3.05, 3.63) is 59.4 Å². The van der Waals surface area contributed by atoms with E-state index in [0.29, 0.717) is 6.42 Å². The summed E-state index contributed by atoms with van der Waals surface area (Å²) >= 11 is 0. The Bertz CT molecular complexity index is 886. The first-order valence-electron chi connectivity index (χ1n) is 9.98. The topological polar surface area (TPSA) is 79.4 Å². The molecule has 1 atom stereocenters. The molecule has 1 aromatic carbocycles. The van der Waals surface area contributed by atoms with E-state index >= 15 is 0 Å². The highest BCUT2D eigenvalue weighted by Crippen LogP contribution is 2.39. The molecule has 0 bridgehead atoms. The van der Waals surface area contributed by atoms with Gasteiger partial charge < -0.3 is 10.2 Å². The molecule has 1 saturated carbocycles. The molecule has 152 valence electrons. The van der Waals surface area contributed by atoms with Gasteiger partial charge in [-0.05, 0) is 61.8 Å². The van der Waals surface area contributed by atoms with Crippen molar-refractivity contribution in [2.24, 2.45) is 0 Å². The van der Waals surface area contributed by atoms with Gasteiger partial charge in [0.2, 0.25) is 5.91 Å². The second kappa shape index (κ2) is 9.01. The first kappa shape index (κ1) is 20.7. The third-order valence-electron chi connectivity index (χ3n) is 5.53. The van der Waals surface area contributed by atoms with E-state index in [1.807, 2.05) is 12.4 Å². The molecule has 2 fully saturated rings. The van der Waals surface area contributed by atoms with Crippen LogP contribution < -0.4 is 10.2 Å². The SMILES string of the molecule is Cc1cncc(N2CCC(C)(NC(=O)Cc3ccc(C4CC4)cc3)C2)c1.O=C=O. The van der Waals surface area contributed by atoms with E-state index in [9.17, 15) is 4.79 Å². The van der Waals surface area contributed by atoms with Crippen LogP contribution in [0.25, 0.3) is 0 Å². The largest absolute Gasteiger partial charge is 0.373 e. The summed E-state index contributed by atoms with van der Waals surface area (Å²) < 4.78 is 0. The number of carbonyl (C=O) groups is 1. The number of amides is 1. The number of nitrogens with one attached hydrogen (secondary N) is 1. The minimum Gasteiger partial charge on any atom is -0.368 e. The molecule has 1 unspecified atom stereocenters. The molecule has 6 nitrogen and oxygen atoms in total. The summed E-state index contributed by atoms with van der Waals surface area (Å²) in [5.74, 6) is 0.869. The number of hydrogen-bond donors (Lipinski definition) is 1. The van der Waals surface area contributed by atoms with E-state index in [-0.39, 0.29) is 17.6 Å². The molecular weight excluding hydrogens is 366 g/mol. The van der Waals surface area contributed by atoms with Crippen LogP contribution in [0.1, 0.15) is 48.8 Å². The molecule has 0 spiro atoms. The number of hydrogen-bond acceptors (Lipinski definition) is 5. The minimum absolute atomic E-state index is 0.107. The van der Waals surface area contributed by atoms with Crippen molar-refractivity contribution in [3.63, 3.8) is 0 Å². The van der Waals surface area contributed by atoms with Gasteiger partial charge in [0.15, 0.2) is 0 Å². The maximum atomic E-state index is 12.6. The highest BCUT2D eigenvalue weighted by Gasteiger charge is 2.35. The summed E-state index contributed by atoms with van der Waals surface area (Å²) in [6, 6.07) is 10.7. The van der Waals surface area contributed by atoms with E-state index < -0.39 is 0 Å². The van der Waals surface area contributed by atoms with Crippen LogP contribution >= 0.6 is 0 Å². The molecule has 1 aliphatic heterocycles. The van der Waals surface area contributed by atoms with Crippen LogP contribution in [0.3, 0.4) is 0 Å². The summed E-state index contributed by atoms with van der Waals surface area (Å²) in [6.07, 6.45) is 8.05. The Hall–Kier alpha value is -2.98. The summed E-state index contributed by atoms with van der Waals surface area (Å²) in [4.78, 5) is 35.4. The van der Waals surface area contributed by atoms with Crippen LogP contribution in [-0.4, -0.2) is 35.7 Å². The number of rotatable bonds is 5. The van der Waals surface area contributed by atoms with Crippen LogP contribution in [0.4, 0.5) is 5.69 Å². The highest BCUT2D eigenvalue weighted by molar-refractivity contribution is 5.79. The smallest absolute Gasteiger partial charge is 0.368 e. The van der Waals surface area contributed by atoms with E-state index in [1.165, 1.54) is 18.4 Å². The lowest BCUT2D eigenvalue weighted by molar-refractivity contribution is -0.191. The Morgan fingerprint density at radius 2 is 1.93 bits per heavy atom. The van der Waals surface area contributed by atoms with E-state index in [1.54, 1.807) is 0 Å². The van der Waals surface area contributed by atoms with Crippen molar-refractivity contribution in [3.8, 4) is 0 Å². The molecule has 1 amide bonds. The van der Waals surface area contributed by atoms with Gasteiger partial charge in [-0.3, -0.25) is 9.78 Å². The lowest BCUT2D eigenvalue weighted by Crippen LogP contribution is -2.48. The number of aryl methyl sites for hydroxylation is 1. The molecule has 6 heteroatoms. The van der Waals surface area contributed by atoms with Crippen molar-refractivity contribution in [1.29, 1.82) is 0 Å². The summed E-state index contributed by atoms with van der Waals surface area (Å²) in [6.45, 7) is 5.97. The van der Waals surface area contributed by atoms with E-state index in [4.69, 9.17) is 9.59 Å². The van der Waals surface area contributed by atoms with Gasteiger partial charge in [0.25, 0.3) is 0 Å². The molecule has 1 aliphatic carbocycles. The normalized spacial score (nSPS) is 20.4. The number of anilines is 1. The van der Waals surface area contributed by atoms with Crippen molar-refractivity contribution in [2.45, 2.75) is 51.0 Å². The third-order valence-corrected chi connectivity index (χ3v) is 5.53. The second-order valence-electron chi connectivity index (χ2n) is 8.28. The number of benzene rings is 1. The molecular formula is C23H27N3O3. The molecule has 2 aromatic rings. The first-order chi connectivity index (χ1) is 13.9. The Balaban J connectivity index is 0.000000755. The fourth-order valence-electron chi connectivity index (χ4n) is 3.89. The average molecular weight is 393 g/mol. The molecule has 1 saturated heterocycles. The number of pyridine rings is 1. The predicted octanol–water partition coefficient (Wildman–Crippen LogP) is 3.01. The Kier molecular flexibility index (Phi) is 6.45. The molecule has 1 N–H and O–H groups in total. The van der Waals surface area contributed by atoms with E-state index in [0.717, 1.165) is 42.2 Å². The fraction of sp³-hybridized carbons (Fsp3) is 0.435. The van der Waals surface area contributed by atoms with Crippen LogP contribution in [0.2, 0.25) is 0 Å². The molecule has 2 aliphatic rings. The van der Waals surface area contributed by atoms with Crippen molar-refractivity contribution in [2.75, 3.05) is 18.0 Å². The lowest BCUT2D eigenvalue weighted by Gasteiger charge is -2.27. The Morgan fingerprint density at radius 1 is 1.24 bits per heavy atom. The van der Waals surface area contributed by atoms with Crippen LogP contribution in [0.15, 0.2) is 42.7 Å². The zero-order valence-electron chi connectivity index (χ0n) is 17.0. The van der Waals surface area contributed by atoms with Crippen molar-refractivity contribution in [1.82, 2.24) is 10.3 Å². The van der Waals surface area contributed by atoms with Gasteiger partial charge in [-0.15, -0.1) is 0 Å². The van der Waals surface area contributed by atoms with Gasteiger partial charge in [-0.2, -0.15) is 9.59 Å².